The molecule has 0 amide bonds. The number of halogens is 1. The number of rotatable bonds is 6. The summed E-state index contributed by atoms with van der Waals surface area (Å²) in [5.74, 6) is 0.439. The second-order valence-electron chi connectivity index (χ2n) is 5.27. The van der Waals surface area contributed by atoms with E-state index >= 15 is 0 Å². The van der Waals surface area contributed by atoms with Crippen LogP contribution in [0.2, 0.25) is 0 Å². The van der Waals surface area contributed by atoms with E-state index in [1.165, 1.54) is 24.5 Å². The van der Waals surface area contributed by atoms with Crippen LogP contribution in [-0.4, -0.2) is 13.7 Å². The van der Waals surface area contributed by atoms with Crippen molar-refractivity contribution in [1.82, 2.24) is 5.32 Å². The number of ether oxygens (including phenoxy) is 1. The molecule has 1 atom stereocenters. The topological polar surface area (TPSA) is 21.3 Å². The first-order chi connectivity index (χ1) is 9.77. The number of methoxy groups -OCH3 is 1. The highest BCUT2D eigenvalue weighted by atomic mass is 19.1. The first-order valence-electron chi connectivity index (χ1n) is 7.52. The van der Waals surface area contributed by atoms with Crippen LogP contribution in [0.1, 0.15) is 50.6 Å². The van der Waals surface area contributed by atoms with Gasteiger partial charge in [0.15, 0.2) is 0 Å². The zero-order valence-electron chi connectivity index (χ0n) is 12.4. The van der Waals surface area contributed by atoms with Crippen molar-refractivity contribution in [1.29, 1.82) is 0 Å². The summed E-state index contributed by atoms with van der Waals surface area (Å²) >= 11 is 0. The lowest BCUT2D eigenvalue weighted by molar-refractivity contribution is 0.394. The molecule has 0 saturated carbocycles. The minimum absolute atomic E-state index is 0.0635. The molecular weight excluding hydrogens is 253 g/mol. The standard InChI is InChI=1S/C17H24FNO/c1-3-12-19-17(13-8-5-4-6-9-13)16-14(18)10-7-11-15(16)20-2/h7-8,10-11,17,19H,3-6,9,12H2,1-2H3. The molecule has 1 aliphatic carbocycles. The van der Waals surface area contributed by atoms with E-state index in [0.717, 1.165) is 25.8 Å². The van der Waals surface area contributed by atoms with E-state index in [-0.39, 0.29) is 11.9 Å². The van der Waals surface area contributed by atoms with Gasteiger partial charge >= 0.3 is 0 Å². The SMILES string of the molecule is CCCNC(C1=CCCCC1)c1c(F)cccc1OC. The van der Waals surface area contributed by atoms with Crippen molar-refractivity contribution in [2.45, 2.75) is 45.1 Å². The molecule has 1 aliphatic rings. The molecule has 1 aromatic carbocycles. The summed E-state index contributed by atoms with van der Waals surface area (Å²) in [6.45, 7) is 3.00. The molecule has 3 heteroatoms. The van der Waals surface area contributed by atoms with E-state index in [9.17, 15) is 4.39 Å². The van der Waals surface area contributed by atoms with E-state index < -0.39 is 0 Å². The van der Waals surface area contributed by atoms with Gasteiger partial charge in [-0.3, -0.25) is 0 Å². The molecule has 110 valence electrons. The van der Waals surface area contributed by atoms with Gasteiger partial charge in [-0.1, -0.05) is 24.6 Å². The van der Waals surface area contributed by atoms with Gasteiger partial charge in [0.1, 0.15) is 11.6 Å². The predicted molar refractivity (Wildman–Crippen MR) is 80.5 cm³/mol. The minimum atomic E-state index is -0.190. The fraction of sp³-hybridized carbons (Fsp3) is 0.529. The second kappa shape index (κ2) is 7.44. The highest BCUT2D eigenvalue weighted by molar-refractivity contribution is 5.41. The van der Waals surface area contributed by atoms with Crippen LogP contribution in [0.4, 0.5) is 4.39 Å². The van der Waals surface area contributed by atoms with Gasteiger partial charge in [-0.05, 0) is 50.8 Å². The van der Waals surface area contributed by atoms with E-state index in [1.807, 2.05) is 6.07 Å². The fourth-order valence-corrected chi connectivity index (χ4v) is 2.81. The smallest absolute Gasteiger partial charge is 0.132 e. The van der Waals surface area contributed by atoms with Crippen LogP contribution in [-0.2, 0) is 0 Å². The highest BCUT2D eigenvalue weighted by Gasteiger charge is 2.24. The van der Waals surface area contributed by atoms with Crippen molar-refractivity contribution in [3.05, 3.63) is 41.2 Å². The minimum Gasteiger partial charge on any atom is -0.496 e. The largest absolute Gasteiger partial charge is 0.496 e. The summed E-state index contributed by atoms with van der Waals surface area (Å²) in [5.41, 5.74) is 1.95. The van der Waals surface area contributed by atoms with Crippen molar-refractivity contribution in [3.63, 3.8) is 0 Å². The molecule has 20 heavy (non-hydrogen) atoms. The van der Waals surface area contributed by atoms with Crippen molar-refractivity contribution in [3.8, 4) is 5.75 Å². The van der Waals surface area contributed by atoms with E-state index in [4.69, 9.17) is 4.74 Å². The third-order valence-electron chi connectivity index (χ3n) is 3.82. The summed E-state index contributed by atoms with van der Waals surface area (Å²) in [6, 6.07) is 4.99. The number of nitrogens with one attached hydrogen (secondary N) is 1. The monoisotopic (exact) mass is 277 g/mol. The number of hydrogen-bond acceptors (Lipinski definition) is 2. The van der Waals surface area contributed by atoms with Crippen molar-refractivity contribution in [2.24, 2.45) is 0 Å². The summed E-state index contributed by atoms with van der Waals surface area (Å²) in [7, 11) is 1.60. The van der Waals surface area contributed by atoms with Gasteiger partial charge in [0.05, 0.1) is 18.7 Å². The van der Waals surface area contributed by atoms with Gasteiger partial charge in [-0.25, -0.2) is 4.39 Å². The molecule has 0 heterocycles. The first-order valence-corrected chi connectivity index (χ1v) is 7.52. The Balaban J connectivity index is 2.37. The zero-order chi connectivity index (χ0) is 14.4. The Kier molecular flexibility index (Phi) is 5.60. The van der Waals surface area contributed by atoms with Crippen molar-refractivity contribution in [2.75, 3.05) is 13.7 Å². The molecule has 0 spiro atoms. The highest BCUT2D eigenvalue weighted by Crippen LogP contribution is 2.36. The van der Waals surface area contributed by atoms with E-state index in [0.29, 0.717) is 11.3 Å². The molecule has 1 unspecified atom stereocenters. The third-order valence-corrected chi connectivity index (χ3v) is 3.82. The Morgan fingerprint density at radius 3 is 2.85 bits per heavy atom. The molecule has 0 radical (unpaired) electrons. The fourth-order valence-electron chi connectivity index (χ4n) is 2.81. The van der Waals surface area contributed by atoms with Crippen LogP contribution < -0.4 is 10.1 Å². The van der Waals surface area contributed by atoms with Crippen molar-refractivity contribution >= 4 is 0 Å². The van der Waals surface area contributed by atoms with Gasteiger partial charge < -0.3 is 10.1 Å². The van der Waals surface area contributed by atoms with Gasteiger partial charge in [0.2, 0.25) is 0 Å². The van der Waals surface area contributed by atoms with Gasteiger partial charge in [0, 0.05) is 0 Å². The van der Waals surface area contributed by atoms with Crippen LogP contribution in [0.25, 0.3) is 0 Å². The normalized spacial score (nSPS) is 16.6. The number of benzene rings is 1. The van der Waals surface area contributed by atoms with Crippen LogP contribution in [0.15, 0.2) is 29.8 Å². The maximum Gasteiger partial charge on any atom is 0.132 e. The molecule has 1 aromatic rings. The maximum atomic E-state index is 14.3. The third kappa shape index (κ3) is 3.40. The van der Waals surface area contributed by atoms with Gasteiger partial charge in [0.25, 0.3) is 0 Å². The lowest BCUT2D eigenvalue weighted by Crippen LogP contribution is -2.26. The zero-order valence-corrected chi connectivity index (χ0v) is 12.4. The van der Waals surface area contributed by atoms with E-state index in [1.54, 1.807) is 13.2 Å². The van der Waals surface area contributed by atoms with Crippen LogP contribution >= 0.6 is 0 Å². The Labute approximate surface area is 121 Å². The van der Waals surface area contributed by atoms with Gasteiger partial charge in [-0.2, -0.15) is 0 Å². The summed E-state index contributed by atoms with van der Waals surface area (Å²) in [4.78, 5) is 0. The number of hydrogen-bond donors (Lipinski definition) is 1. The predicted octanol–water partition coefficient (Wildman–Crippen LogP) is 4.38. The van der Waals surface area contributed by atoms with Crippen LogP contribution in [0.3, 0.4) is 0 Å². The Hall–Kier alpha value is -1.35. The molecule has 0 aliphatic heterocycles. The molecule has 0 fully saturated rings. The molecule has 2 rings (SSSR count). The molecule has 1 N–H and O–H groups in total. The van der Waals surface area contributed by atoms with Gasteiger partial charge in [-0.15, -0.1) is 0 Å². The first kappa shape index (κ1) is 15.0. The quantitative estimate of drug-likeness (QED) is 0.779. The molecule has 2 nitrogen and oxygen atoms in total. The van der Waals surface area contributed by atoms with Crippen molar-refractivity contribution < 1.29 is 9.13 Å². The second-order valence-corrected chi connectivity index (χ2v) is 5.27. The molecule has 0 bridgehead atoms. The van der Waals surface area contributed by atoms with Crippen LogP contribution in [0.5, 0.6) is 5.75 Å². The summed E-state index contributed by atoms with van der Waals surface area (Å²) in [5, 5.41) is 3.48. The lowest BCUT2D eigenvalue weighted by Gasteiger charge is -2.26. The lowest BCUT2D eigenvalue weighted by atomic mass is 9.89. The molecule has 0 saturated heterocycles. The average molecular weight is 277 g/mol. The summed E-state index contributed by atoms with van der Waals surface area (Å²) in [6.07, 6.45) is 7.85. The van der Waals surface area contributed by atoms with Crippen LogP contribution in [0, 0.1) is 5.82 Å². The maximum absolute atomic E-state index is 14.3. The average Bonchev–Trinajstić information content (AvgIpc) is 2.50. The Bertz CT molecular complexity index is 470. The van der Waals surface area contributed by atoms with E-state index in [2.05, 4.69) is 18.3 Å². The Morgan fingerprint density at radius 1 is 1.35 bits per heavy atom. The molecule has 0 aromatic heterocycles. The molecular formula is C17H24FNO. The summed E-state index contributed by atoms with van der Waals surface area (Å²) < 4.78 is 19.7. The number of allylic oxidation sites excluding steroid dienone is 1. The Morgan fingerprint density at radius 2 is 2.20 bits per heavy atom.